The fourth-order valence-corrected chi connectivity index (χ4v) is 4.51. The highest BCUT2D eigenvalue weighted by molar-refractivity contribution is 7.08. The van der Waals surface area contributed by atoms with Crippen molar-refractivity contribution in [3.05, 3.63) is 75.2 Å². The lowest BCUT2D eigenvalue weighted by molar-refractivity contribution is 0.253. The summed E-state index contributed by atoms with van der Waals surface area (Å²) in [7, 11) is 0. The van der Waals surface area contributed by atoms with Crippen LogP contribution in [-0.2, 0) is 6.54 Å². The highest BCUT2D eigenvalue weighted by Gasteiger charge is 2.21. The quantitative estimate of drug-likeness (QED) is 0.274. The largest absolute Gasteiger partial charge is 0.490 e. The van der Waals surface area contributed by atoms with E-state index in [4.69, 9.17) is 21.1 Å². The first kappa shape index (κ1) is 22.4. The number of ether oxygens (including phenoxy) is 2. The van der Waals surface area contributed by atoms with Crippen molar-refractivity contribution in [2.45, 2.75) is 27.3 Å². The van der Waals surface area contributed by atoms with Gasteiger partial charge in [-0.3, -0.25) is 0 Å². The smallest absolute Gasteiger partial charge is 0.249 e. The first-order valence-electron chi connectivity index (χ1n) is 10.4. The molecular formula is C25H24ClFN2O2S. The molecule has 0 saturated carbocycles. The molecule has 2 heterocycles. The summed E-state index contributed by atoms with van der Waals surface area (Å²) in [5.41, 5.74) is 5.27. The number of aromatic nitrogens is 2. The fourth-order valence-electron chi connectivity index (χ4n) is 3.61. The minimum absolute atomic E-state index is 0.115. The Kier molecular flexibility index (Phi) is 6.82. The minimum Gasteiger partial charge on any atom is -0.490 e. The summed E-state index contributed by atoms with van der Waals surface area (Å²) in [5, 5.41) is 9.11. The molecule has 0 spiro atoms. The van der Waals surface area contributed by atoms with Crippen molar-refractivity contribution in [1.82, 2.24) is 9.78 Å². The number of thiophene rings is 1. The van der Waals surface area contributed by atoms with Gasteiger partial charge in [-0.1, -0.05) is 34.9 Å². The molecule has 0 radical (unpaired) electrons. The lowest BCUT2D eigenvalue weighted by Gasteiger charge is -2.11. The van der Waals surface area contributed by atoms with E-state index in [1.165, 1.54) is 4.68 Å². The van der Waals surface area contributed by atoms with Crippen molar-refractivity contribution in [3.8, 4) is 34.0 Å². The third-order valence-electron chi connectivity index (χ3n) is 4.97. The first-order valence-corrected chi connectivity index (χ1v) is 11.7. The Labute approximate surface area is 196 Å². The van der Waals surface area contributed by atoms with Crippen LogP contribution in [0.1, 0.15) is 18.1 Å². The average Bonchev–Trinajstić information content (AvgIpc) is 3.39. The maximum atomic E-state index is 15.2. The summed E-state index contributed by atoms with van der Waals surface area (Å²) in [5.74, 6) is 0.227. The molecule has 4 rings (SSSR count). The fraction of sp³-hybridized carbons (Fsp3) is 0.240. The molecule has 0 atom stereocenters. The van der Waals surface area contributed by atoms with Crippen LogP contribution in [0, 0.1) is 19.7 Å². The van der Waals surface area contributed by atoms with E-state index in [2.05, 4.69) is 10.5 Å². The van der Waals surface area contributed by atoms with E-state index in [0.29, 0.717) is 23.9 Å². The van der Waals surface area contributed by atoms with Crippen LogP contribution >= 0.6 is 22.9 Å². The maximum Gasteiger partial charge on any atom is 0.249 e. The molecule has 4 aromatic rings. The Balaban J connectivity index is 1.52. The van der Waals surface area contributed by atoms with Crippen molar-refractivity contribution in [3.63, 3.8) is 0 Å². The predicted molar refractivity (Wildman–Crippen MR) is 129 cm³/mol. The summed E-state index contributed by atoms with van der Waals surface area (Å²) in [6, 6.07) is 13.6. The Morgan fingerprint density at radius 2 is 1.78 bits per heavy atom. The van der Waals surface area contributed by atoms with E-state index >= 15 is 4.39 Å². The Morgan fingerprint density at radius 1 is 1.00 bits per heavy atom. The standard InChI is InChI=1S/C25H24ClFN2O2S/c1-4-30-25-23(27)24(20-12-16(2)11-17(3)13-20)28-29(25)8-9-31-22-6-5-18(14-21(22)26)19-7-10-32-15-19/h5-7,10-15H,4,8-9H2,1-3H3. The molecule has 0 amide bonds. The number of hydrogen-bond acceptors (Lipinski definition) is 4. The Morgan fingerprint density at radius 3 is 2.44 bits per heavy atom. The second-order valence-corrected chi connectivity index (χ2v) is 8.69. The van der Waals surface area contributed by atoms with E-state index < -0.39 is 5.82 Å². The summed E-state index contributed by atoms with van der Waals surface area (Å²) >= 11 is 8.06. The summed E-state index contributed by atoms with van der Waals surface area (Å²) in [4.78, 5) is 0. The third kappa shape index (κ3) is 4.81. The number of hydrogen-bond donors (Lipinski definition) is 0. The predicted octanol–water partition coefficient (Wildman–Crippen LogP) is 7.17. The molecule has 4 nitrogen and oxygen atoms in total. The van der Waals surface area contributed by atoms with Gasteiger partial charge in [-0.05, 0) is 73.0 Å². The van der Waals surface area contributed by atoms with Gasteiger partial charge in [0.2, 0.25) is 11.7 Å². The van der Waals surface area contributed by atoms with Crippen molar-refractivity contribution in [1.29, 1.82) is 0 Å². The number of halogens is 2. The summed E-state index contributed by atoms with van der Waals surface area (Å²) < 4.78 is 28.1. The highest BCUT2D eigenvalue weighted by Crippen LogP contribution is 2.32. The molecule has 166 valence electrons. The van der Waals surface area contributed by atoms with Crippen LogP contribution in [0.4, 0.5) is 4.39 Å². The highest BCUT2D eigenvalue weighted by atomic mass is 35.5. The molecule has 7 heteroatoms. The van der Waals surface area contributed by atoms with Gasteiger partial charge in [0.15, 0.2) is 0 Å². The van der Waals surface area contributed by atoms with Crippen LogP contribution in [0.3, 0.4) is 0 Å². The van der Waals surface area contributed by atoms with E-state index in [1.807, 2.05) is 68.6 Å². The molecule has 0 aliphatic rings. The second-order valence-electron chi connectivity index (χ2n) is 7.51. The molecule has 2 aromatic heterocycles. The Hall–Kier alpha value is -2.83. The molecule has 0 N–H and O–H groups in total. The van der Waals surface area contributed by atoms with Crippen LogP contribution < -0.4 is 9.47 Å². The molecule has 0 aliphatic heterocycles. The van der Waals surface area contributed by atoms with Crippen LogP contribution in [0.5, 0.6) is 11.6 Å². The molecule has 2 aromatic carbocycles. The van der Waals surface area contributed by atoms with Gasteiger partial charge in [0.25, 0.3) is 0 Å². The van der Waals surface area contributed by atoms with E-state index in [9.17, 15) is 0 Å². The van der Waals surface area contributed by atoms with Gasteiger partial charge in [-0.2, -0.15) is 20.8 Å². The van der Waals surface area contributed by atoms with Gasteiger partial charge in [0, 0.05) is 5.56 Å². The van der Waals surface area contributed by atoms with Gasteiger partial charge in [0.05, 0.1) is 18.2 Å². The first-order chi connectivity index (χ1) is 15.5. The van der Waals surface area contributed by atoms with Crippen LogP contribution in [-0.4, -0.2) is 23.0 Å². The molecule has 32 heavy (non-hydrogen) atoms. The van der Waals surface area contributed by atoms with Crippen LogP contribution in [0.2, 0.25) is 5.02 Å². The van der Waals surface area contributed by atoms with Crippen molar-refractivity contribution in [2.75, 3.05) is 13.2 Å². The second kappa shape index (κ2) is 9.76. The van der Waals surface area contributed by atoms with Gasteiger partial charge in [-0.15, -0.1) is 0 Å². The number of aryl methyl sites for hydroxylation is 2. The van der Waals surface area contributed by atoms with Crippen LogP contribution in [0.15, 0.2) is 53.2 Å². The number of benzene rings is 2. The molecule has 0 bridgehead atoms. The van der Waals surface area contributed by atoms with Crippen molar-refractivity contribution in [2.24, 2.45) is 0 Å². The molecule has 0 saturated heterocycles. The maximum absolute atomic E-state index is 15.2. The molecule has 0 unspecified atom stereocenters. The van der Waals surface area contributed by atoms with Crippen molar-refractivity contribution < 1.29 is 13.9 Å². The molecule has 0 aliphatic carbocycles. The molecule has 0 fully saturated rings. The van der Waals surface area contributed by atoms with Gasteiger partial charge in [0.1, 0.15) is 18.1 Å². The summed E-state index contributed by atoms with van der Waals surface area (Å²) in [6.07, 6.45) is 0. The SMILES string of the molecule is CCOc1c(F)c(-c2cc(C)cc(C)c2)nn1CCOc1ccc(-c2ccsc2)cc1Cl. The normalized spacial score (nSPS) is 11.0. The van der Waals surface area contributed by atoms with Crippen molar-refractivity contribution >= 4 is 22.9 Å². The lowest BCUT2D eigenvalue weighted by atomic mass is 10.1. The average molecular weight is 471 g/mol. The lowest BCUT2D eigenvalue weighted by Crippen LogP contribution is -2.12. The zero-order valence-electron chi connectivity index (χ0n) is 18.2. The number of rotatable bonds is 8. The monoisotopic (exact) mass is 470 g/mol. The van der Waals surface area contributed by atoms with Gasteiger partial charge < -0.3 is 9.47 Å². The summed E-state index contributed by atoms with van der Waals surface area (Å²) in [6.45, 7) is 6.71. The molecular weight excluding hydrogens is 447 g/mol. The number of nitrogens with zero attached hydrogens (tertiary/aromatic N) is 2. The third-order valence-corrected chi connectivity index (χ3v) is 5.95. The van der Waals surface area contributed by atoms with E-state index in [0.717, 1.165) is 27.8 Å². The topological polar surface area (TPSA) is 36.3 Å². The minimum atomic E-state index is -0.463. The Bertz CT molecular complexity index is 1200. The van der Waals surface area contributed by atoms with E-state index in [1.54, 1.807) is 11.3 Å². The van der Waals surface area contributed by atoms with Crippen LogP contribution in [0.25, 0.3) is 22.4 Å². The zero-order chi connectivity index (χ0) is 22.7. The van der Waals surface area contributed by atoms with Gasteiger partial charge in [-0.25, -0.2) is 4.68 Å². The van der Waals surface area contributed by atoms with Gasteiger partial charge >= 0.3 is 0 Å². The zero-order valence-corrected chi connectivity index (χ0v) is 19.8. The van der Waals surface area contributed by atoms with E-state index in [-0.39, 0.29) is 18.2 Å².